The van der Waals surface area contributed by atoms with E-state index in [1.165, 1.54) is 6.20 Å². The Morgan fingerprint density at radius 2 is 2.40 bits per heavy atom. The van der Waals surface area contributed by atoms with Gasteiger partial charge in [-0.05, 0) is 6.92 Å². The molecule has 0 unspecified atom stereocenters. The van der Waals surface area contributed by atoms with Gasteiger partial charge in [-0.25, -0.2) is 9.48 Å². The third-order valence-corrected chi connectivity index (χ3v) is 1.34. The quantitative estimate of drug-likeness (QED) is 0.726. The van der Waals surface area contributed by atoms with Crippen LogP contribution in [-0.4, -0.2) is 38.8 Å². The number of ether oxygens (including phenoxy) is 1. The lowest BCUT2D eigenvalue weighted by atomic mass is 10.6. The molecule has 0 spiro atoms. The number of carboxylic acid groups (broad SMARTS) is 1. The maximum absolute atomic E-state index is 10.9. The number of carboxylic acids is 1. The third kappa shape index (κ3) is 3.63. The van der Waals surface area contributed by atoms with Crippen LogP contribution in [0.1, 0.15) is 6.92 Å². The van der Waals surface area contributed by atoms with Gasteiger partial charge in [0.1, 0.15) is 6.54 Å². The van der Waals surface area contributed by atoms with E-state index in [4.69, 9.17) is 5.11 Å². The number of carbonyl (C=O) groups is 2. The molecule has 0 fully saturated rings. The molecule has 1 rings (SSSR count). The van der Waals surface area contributed by atoms with Crippen LogP contribution >= 0.6 is 0 Å². The third-order valence-electron chi connectivity index (χ3n) is 1.34. The number of nitrogens with one attached hydrogen (secondary N) is 1. The molecule has 1 heterocycles. The summed E-state index contributed by atoms with van der Waals surface area (Å²) in [4.78, 5) is 21.2. The molecule has 0 aliphatic carbocycles. The van der Waals surface area contributed by atoms with Crippen LogP contribution in [0.2, 0.25) is 0 Å². The number of aromatic nitrogens is 3. The van der Waals surface area contributed by atoms with Crippen molar-refractivity contribution in [2.45, 2.75) is 13.5 Å². The lowest BCUT2D eigenvalue weighted by molar-refractivity contribution is -0.137. The molecule has 0 saturated carbocycles. The Balaban J connectivity index is 2.52. The van der Waals surface area contributed by atoms with E-state index >= 15 is 0 Å². The molecule has 0 bridgehead atoms. The summed E-state index contributed by atoms with van der Waals surface area (Å²) >= 11 is 0. The second-order valence-corrected chi connectivity index (χ2v) is 2.54. The van der Waals surface area contributed by atoms with E-state index in [2.05, 4.69) is 20.4 Å². The van der Waals surface area contributed by atoms with Crippen LogP contribution in [0.15, 0.2) is 6.20 Å². The summed E-state index contributed by atoms with van der Waals surface area (Å²) in [6, 6.07) is 0. The van der Waals surface area contributed by atoms with E-state index in [0.717, 1.165) is 4.68 Å². The molecule has 0 aromatic carbocycles. The van der Waals surface area contributed by atoms with Crippen molar-refractivity contribution >= 4 is 17.9 Å². The highest BCUT2D eigenvalue weighted by Gasteiger charge is 2.07. The van der Waals surface area contributed by atoms with Crippen LogP contribution in [0.3, 0.4) is 0 Å². The number of rotatable bonds is 4. The van der Waals surface area contributed by atoms with Gasteiger partial charge < -0.3 is 9.84 Å². The van der Waals surface area contributed by atoms with E-state index < -0.39 is 12.1 Å². The van der Waals surface area contributed by atoms with Gasteiger partial charge in [-0.2, -0.15) is 0 Å². The van der Waals surface area contributed by atoms with Gasteiger partial charge in [-0.3, -0.25) is 10.1 Å². The highest BCUT2D eigenvalue weighted by atomic mass is 16.5. The Bertz CT molecular complexity index is 362. The maximum atomic E-state index is 10.9. The zero-order valence-corrected chi connectivity index (χ0v) is 8.01. The van der Waals surface area contributed by atoms with Crippen LogP contribution in [0.5, 0.6) is 0 Å². The summed E-state index contributed by atoms with van der Waals surface area (Å²) in [5.41, 5.74) is 0. The van der Waals surface area contributed by atoms with Gasteiger partial charge in [0.15, 0.2) is 5.82 Å². The molecular weight excluding hydrogens is 204 g/mol. The van der Waals surface area contributed by atoms with Crippen molar-refractivity contribution in [2.75, 3.05) is 11.9 Å². The van der Waals surface area contributed by atoms with Gasteiger partial charge in [-0.15, -0.1) is 5.10 Å². The molecule has 0 aliphatic heterocycles. The average molecular weight is 214 g/mol. The molecule has 0 radical (unpaired) electrons. The van der Waals surface area contributed by atoms with Crippen LogP contribution in [0.25, 0.3) is 0 Å². The van der Waals surface area contributed by atoms with E-state index in [9.17, 15) is 9.59 Å². The summed E-state index contributed by atoms with van der Waals surface area (Å²) in [7, 11) is 0. The molecule has 1 amide bonds. The summed E-state index contributed by atoms with van der Waals surface area (Å²) in [5.74, 6) is -0.891. The molecule has 82 valence electrons. The number of carbonyl (C=O) groups excluding carboxylic acids is 1. The summed E-state index contributed by atoms with van der Waals surface area (Å²) < 4.78 is 5.68. The summed E-state index contributed by atoms with van der Waals surface area (Å²) in [6.45, 7) is 1.60. The van der Waals surface area contributed by atoms with Gasteiger partial charge >= 0.3 is 12.1 Å². The zero-order chi connectivity index (χ0) is 11.3. The highest BCUT2D eigenvalue weighted by molar-refractivity contribution is 5.82. The standard InChI is InChI=1S/C7H10N4O4/c1-2-15-7(14)8-5-3-11(10-9-5)4-6(12)13/h3H,2,4H2,1H3,(H,8,14)(H,12,13). The first kappa shape index (κ1) is 11.0. The number of nitrogens with zero attached hydrogens (tertiary/aromatic N) is 3. The number of aliphatic carboxylic acids is 1. The Morgan fingerprint density at radius 3 is 3.00 bits per heavy atom. The predicted molar refractivity (Wildman–Crippen MR) is 48.3 cm³/mol. The Morgan fingerprint density at radius 1 is 1.67 bits per heavy atom. The number of anilines is 1. The number of hydrogen-bond donors (Lipinski definition) is 2. The van der Waals surface area contributed by atoms with Crippen molar-refractivity contribution < 1.29 is 19.4 Å². The monoisotopic (exact) mass is 214 g/mol. The van der Waals surface area contributed by atoms with Crippen molar-refractivity contribution in [1.82, 2.24) is 15.0 Å². The Hall–Kier alpha value is -2.12. The fraction of sp³-hybridized carbons (Fsp3) is 0.429. The molecule has 8 heteroatoms. The lowest BCUT2D eigenvalue weighted by Gasteiger charge is -1.99. The fourth-order valence-corrected chi connectivity index (χ4v) is 0.843. The van der Waals surface area contributed by atoms with Crippen molar-refractivity contribution in [3.05, 3.63) is 6.20 Å². The maximum Gasteiger partial charge on any atom is 0.412 e. The molecule has 0 atom stereocenters. The molecule has 8 nitrogen and oxygen atoms in total. The predicted octanol–water partition coefficient (Wildman–Crippen LogP) is -0.0689. The minimum absolute atomic E-state index is 0.148. The molecule has 1 aromatic heterocycles. The van der Waals surface area contributed by atoms with Crippen molar-refractivity contribution in [1.29, 1.82) is 0 Å². The van der Waals surface area contributed by atoms with Crippen molar-refractivity contribution in [3.8, 4) is 0 Å². The minimum Gasteiger partial charge on any atom is -0.480 e. The van der Waals surface area contributed by atoms with E-state index in [1.54, 1.807) is 6.92 Å². The van der Waals surface area contributed by atoms with E-state index in [0.29, 0.717) is 0 Å². The van der Waals surface area contributed by atoms with Crippen molar-refractivity contribution in [3.63, 3.8) is 0 Å². The van der Waals surface area contributed by atoms with Gasteiger partial charge in [0.05, 0.1) is 12.8 Å². The first-order valence-electron chi connectivity index (χ1n) is 4.17. The summed E-state index contributed by atoms with van der Waals surface area (Å²) in [5, 5.41) is 17.7. The van der Waals surface area contributed by atoms with E-state index in [1.807, 2.05) is 0 Å². The highest BCUT2D eigenvalue weighted by Crippen LogP contribution is 2.00. The second kappa shape index (κ2) is 4.94. The van der Waals surface area contributed by atoms with Crippen LogP contribution < -0.4 is 5.32 Å². The molecule has 2 N–H and O–H groups in total. The first-order valence-corrected chi connectivity index (χ1v) is 4.17. The van der Waals surface area contributed by atoms with E-state index in [-0.39, 0.29) is 19.0 Å². The summed E-state index contributed by atoms with van der Waals surface area (Å²) in [6.07, 6.45) is 0.644. The van der Waals surface area contributed by atoms with Gasteiger partial charge in [-0.1, -0.05) is 5.21 Å². The van der Waals surface area contributed by atoms with Crippen LogP contribution in [0, 0.1) is 0 Å². The van der Waals surface area contributed by atoms with Gasteiger partial charge in [0.25, 0.3) is 0 Å². The smallest absolute Gasteiger partial charge is 0.412 e. The second-order valence-electron chi connectivity index (χ2n) is 2.54. The average Bonchev–Trinajstić information content (AvgIpc) is 2.51. The van der Waals surface area contributed by atoms with Gasteiger partial charge in [0, 0.05) is 0 Å². The molecule has 1 aromatic rings. The van der Waals surface area contributed by atoms with Crippen LogP contribution in [-0.2, 0) is 16.1 Å². The van der Waals surface area contributed by atoms with Crippen molar-refractivity contribution in [2.24, 2.45) is 0 Å². The molecular formula is C7H10N4O4. The van der Waals surface area contributed by atoms with Crippen LogP contribution in [0.4, 0.5) is 10.6 Å². The Kier molecular flexibility index (Phi) is 3.61. The largest absolute Gasteiger partial charge is 0.480 e. The zero-order valence-electron chi connectivity index (χ0n) is 8.01. The topological polar surface area (TPSA) is 106 Å². The number of hydrogen-bond acceptors (Lipinski definition) is 5. The molecule has 15 heavy (non-hydrogen) atoms. The Labute approximate surface area is 84.8 Å². The SMILES string of the molecule is CCOC(=O)Nc1cn(CC(=O)O)nn1. The molecule has 0 saturated heterocycles. The minimum atomic E-state index is -1.04. The number of amides is 1. The van der Waals surface area contributed by atoms with Gasteiger partial charge in [0.2, 0.25) is 0 Å². The first-order chi connectivity index (χ1) is 7.11. The normalized spacial score (nSPS) is 9.67. The molecule has 0 aliphatic rings. The lowest BCUT2D eigenvalue weighted by Crippen LogP contribution is -2.13. The fourth-order valence-electron chi connectivity index (χ4n) is 0.843.